The van der Waals surface area contributed by atoms with Gasteiger partial charge in [0.2, 0.25) is 0 Å². The van der Waals surface area contributed by atoms with Crippen LogP contribution < -0.4 is 0 Å². The zero-order chi connectivity index (χ0) is 11.7. The minimum Gasteiger partial charge on any atom is -0.0628 e. The maximum absolute atomic E-state index is 2.47. The van der Waals surface area contributed by atoms with Crippen LogP contribution in [-0.4, -0.2) is 0 Å². The van der Waals surface area contributed by atoms with Crippen LogP contribution in [0, 0.1) is 41.4 Å². The molecule has 0 bridgehead atoms. The molecule has 0 N–H and O–H groups in total. The summed E-state index contributed by atoms with van der Waals surface area (Å²) in [7, 11) is 0. The van der Waals surface area contributed by atoms with E-state index < -0.39 is 0 Å². The highest BCUT2D eigenvalue weighted by atomic mass is 14.5. The Morgan fingerprint density at radius 3 is 1.67 bits per heavy atom. The lowest BCUT2D eigenvalue weighted by Gasteiger charge is -2.55. The van der Waals surface area contributed by atoms with E-state index in [9.17, 15) is 0 Å². The molecule has 0 aromatic heterocycles. The van der Waals surface area contributed by atoms with E-state index in [0.717, 1.165) is 41.4 Å². The molecule has 1 rings (SSSR count). The normalized spacial score (nSPS) is 38.2. The Morgan fingerprint density at radius 2 is 1.27 bits per heavy atom. The van der Waals surface area contributed by atoms with E-state index in [2.05, 4.69) is 48.5 Å². The highest BCUT2D eigenvalue weighted by Crippen LogP contribution is 2.53. The summed E-state index contributed by atoms with van der Waals surface area (Å²) in [6.45, 7) is 16.9. The van der Waals surface area contributed by atoms with Gasteiger partial charge in [0.25, 0.3) is 0 Å². The summed E-state index contributed by atoms with van der Waals surface area (Å²) in [4.78, 5) is 0. The molecule has 0 aromatic rings. The largest absolute Gasteiger partial charge is 0.0628 e. The maximum Gasteiger partial charge on any atom is -0.0326 e. The van der Waals surface area contributed by atoms with Crippen LogP contribution in [0.3, 0.4) is 0 Å². The smallest absolute Gasteiger partial charge is 0.0326 e. The average molecular weight is 210 g/mol. The van der Waals surface area contributed by atoms with E-state index in [1.54, 1.807) is 0 Å². The van der Waals surface area contributed by atoms with Gasteiger partial charge in [0, 0.05) is 0 Å². The van der Waals surface area contributed by atoms with E-state index in [4.69, 9.17) is 0 Å². The van der Waals surface area contributed by atoms with Crippen molar-refractivity contribution in [2.45, 2.75) is 54.9 Å². The third-order valence-electron chi connectivity index (χ3n) is 4.76. The first-order chi connectivity index (χ1) is 6.86. The molecule has 5 atom stereocenters. The van der Waals surface area contributed by atoms with Crippen molar-refractivity contribution in [3.63, 3.8) is 0 Å². The van der Waals surface area contributed by atoms with Crippen LogP contribution in [0.25, 0.3) is 0 Å². The molecule has 0 saturated heterocycles. The number of rotatable bonds is 4. The zero-order valence-corrected chi connectivity index (χ0v) is 11.7. The fourth-order valence-electron chi connectivity index (χ4n) is 4.11. The van der Waals surface area contributed by atoms with Gasteiger partial charge in [0.05, 0.1) is 0 Å². The van der Waals surface area contributed by atoms with Crippen LogP contribution in [0.15, 0.2) is 0 Å². The van der Waals surface area contributed by atoms with E-state index in [1.165, 1.54) is 6.42 Å². The predicted molar refractivity (Wildman–Crippen MR) is 68.8 cm³/mol. The van der Waals surface area contributed by atoms with Gasteiger partial charge in [0.1, 0.15) is 0 Å². The number of hydrogen-bond donors (Lipinski definition) is 0. The van der Waals surface area contributed by atoms with Crippen molar-refractivity contribution in [2.75, 3.05) is 0 Å². The fraction of sp³-hybridized carbons (Fsp3) is 1.00. The van der Waals surface area contributed by atoms with Crippen molar-refractivity contribution >= 4 is 0 Å². The van der Waals surface area contributed by atoms with Gasteiger partial charge >= 0.3 is 0 Å². The molecule has 0 aliphatic heterocycles. The fourth-order valence-corrected chi connectivity index (χ4v) is 4.11. The molecule has 5 unspecified atom stereocenters. The van der Waals surface area contributed by atoms with Gasteiger partial charge in [-0.15, -0.1) is 0 Å². The Balaban J connectivity index is 2.59. The third-order valence-corrected chi connectivity index (χ3v) is 4.76. The average Bonchev–Trinajstić information content (AvgIpc) is 2.09. The van der Waals surface area contributed by atoms with Crippen LogP contribution in [0.2, 0.25) is 0 Å². The Labute approximate surface area is 96.8 Å². The standard InChI is InChI=1S/C15H30/c1-9(2)8-11(5)15-13(7)12(6)14(15)10(3)4/h9-15H,8H2,1-7H3. The molecular formula is C15H30. The summed E-state index contributed by atoms with van der Waals surface area (Å²) in [5.41, 5.74) is 0. The summed E-state index contributed by atoms with van der Waals surface area (Å²) < 4.78 is 0. The lowest BCUT2D eigenvalue weighted by Crippen LogP contribution is -2.49. The van der Waals surface area contributed by atoms with Gasteiger partial charge in [-0.3, -0.25) is 0 Å². The van der Waals surface area contributed by atoms with Gasteiger partial charge in [-0.05, 0) is 47.8 Å². The van der Waals surface area contributed by atoms with Gasteiger partial charge in [-0.1, -0.05) is 48.5 Å². The molecule has 0 heterocycles. The highest BCUT2D eigenvalue weighted by molar-refractivity contribution is 4.96. The van der Waals surface area contributed by atoms with Crippen molar-refractivity contribution in [2.24, 2.45) is 41.4 Å². The van der Waals surface area contributed by atoms with Crippen LogP contribution in [0.1, 0.15) is 54.9 Å². The quantitative estimate of drug-likeness (QED) is 0.622. The van der Waals surface area contributed by atoms with Crippen molar-refractivity contribution in [1.82, 2.24) is 0 Å². The number of hydrogen-bond acceptors (Lipinski definition) is 0. The first kappa shape index (κ1) is 13.1. The Hall–Kier alpha value is 0. The molecule has 0 spiro atoms. The molecule has 0 aromatic carbocycles. The van der Waals surface area contributed by atoms with Crippen LogP contribution in [-0.2, 0) is 0 Å². The molecule has 1 saturated carbocycles. The van der Waals surface area contributed by atoms with Crippen molar-refractivity contribution in [1.29, 1.82) is 0 Å². The second-order valence-electron chi connectivity index (χ2n) is 6.72. The summed E-state index contributed by atoms with van der Waals surface area (Å²) in [6, 6.07) is 0. The summed E-state index contributed by atoms with van der Waals surface area (Å²) in [5.74, 6) is 6.52. The van der Waals surface area contributed by atoms with Gasteiger partial charge < -0.3 is 0 Å². The lowest BCUT2D eigenvalue weighted by molar-refractivity contribution is -0.0662. The SMILES string of the molecule is CC(C)CC(C)C1C(C)C(C)C1C(C)C. The van der Waals surface area contributed by atoms with Gasteiger partial charge in [-0.2, -0.15) is 0 Å². The van der Waals surface area contributed by atoms with Gasteiger partial charge in [0.15, 0.2) is 0 Å². The molecule has 0 amide bonds. The van der Waals surface area contributed by atoms with E-state index >= 15 is 0 Å². The molecule has 0 nitrogen and oxygen atoms in total. The molecule has 0 heteroatoms. The lowest BCUT2D eigenvalue weighted by atomic mass is 9.50. The molecule has 15 heavy (non-hydrogen) atoms. The minimum atomic E-state index is 0.857. The van der Waals surface area contributed by atoms with Crippen LogP contribution in [0.4, 0.5) is 0 Å². The van der Waals surface area contributed by atoms with Crippen LogP contribution in [0.5, 0.6) is 0 Å². The molecule has 1 fully saturated rings. The third kappa shape index (κ3) is 2.57. The first-order valence-electron chi connectivity index (χ1n) is 6.86. The van der Waals surface area contributed by atoms with Crippen molar-refractivity contribution in [3.8, 4) is 0 Å². The van der Waals surface area contributed by atoms with Gasteiger partial charge in [-0.25, -0.2) is 0 Å². The van der Waals surface area contributed by atoms with Crippen LogP contribution >= 0.6 is 0 Å². The second-order valence-corrected chi connectivity index (χ2v) is 6.72. The zero-order valence-electron chi connectivity index (χ0n) is 11.7. The molecule has 1 aliphatic carbocycles. The summed E-state index contributed by atoms with van der Waals surface area (Å²) >= 11 is 0. The predicted octanol–water partition coefficient (Wildman–Crippen LogP) is 4.84. The Bertz CT molecular complexity index is 192. The topological polar surface area (TPSA) is 0 Å². The Morgan fingerprint density at radius 1 is 0.800 bits per heavy atom. The molecule has 1 aliphatic rings. The second kappa shape index (κ2) is 4.89. The first-order valence-corrected chi connectivity index (χ1v) is 6.86. The molecular weight excluding hydrogens is 180 g/mol. The summed E-state index contributed by atoms with van der Waals surface area (Å²) in [5, 5.41) is 0. The van der Waals surface area contributed by atoms with Crippen molar-refractivity contribution in [3.05, 3.63) is 0 Å². The van der Waals surface area contributed by atoms with Crippen molar-refractivity contribution < 1.29 is 0 Å². The summed E-state index contributed by atoms with van der Waals surface area (Å²) in [6.07, 6.45) is 1.41. The van der Waals surface area contributed by atoms with E-state index in [0.29, 0.717) is 0 Å². The molecule has 0 radical (unpaired) electrons. The minimum absolute atomic E-state index is 0.857. The Kier molecular flexibility index (Phi) is 4.26. The van der Waals surface area contributed by atoms with E-state index in [1.807, 2.05) is 0 Å². The highest BCUT2D eigenvalue weighted by Gasteiger charge is 2.48. The maximum atomic E-state index is 2.47. The van der Waals surface area contributed by atoms with E-state index in [-0.39, 0.29) is 0 Å². The monoisotopic (exact) mass is 210 g/mol. The molecule has 90 valence electrons.